The van der Waals surface area contributed by atoms with Crippen LogP contribution in [0.2, 0.25) is 0 Å². The molecule has 0 heterocycles. The topological polar surface area (TPSA) is 88.7 Å². The number of rotatable bonds is 9. The van der Waals surface area contributed by atoms with Gasteiger partial charge in [0.2, 0.25) is 0 Å². The lowest BCUT2D eigenvalue weighted by atomic mass is 9.88. The molecule has 0 unspecified atom stereocenters. The van der Waals surface area contributed by atoms with Gasteiger partial charge in [-0.25, -0.2) is 9.59 Å². The van der Waals surface area contributed by atoms with Gasteiger partial charge in [-0.1, -0.05) is 57.2 Å². The average molecular weight is 504 g/mol. The van der Waals surface area contributed by atoms with Gasteiger partial charge < -0.3 is 14.8 Å². The van der Waals surface area contributed by atoms with E-state index >= 15 is 0 Å². The molecule has 0 aliphatic carbocycles. The van der Waals surface area contributed by atoms with E-state index in [4.69, 9.17) is 9.47 Å². The van der Waals surface area contributed by atoms with Gasteiger partial charge in [-0.15, -0.1) is 0 Å². The third kappa shape index (κ3) is 10.3. The van der Waals surface area contributed by atoms with Crippen molar-refractivity contribution in [3.05, 3.63) is 89.5 Å². The van der Waals surface area contributed by atoms with Crippen LogP contribution in [0.3, 0.4) is 0 Å². The van der Waals surface area contributed by atoms with Gasteiger partial charge >= 0.3 is 12.2 Å². The van der Waals surface area contributed by atoms with Crippen molar-refractivity contribution in [1.29, 1.82) is 0 Å². The fraction of sp³-hybridized carbons (Fsp3) is 0.333. The van der Waals surface area contributed by atoms with Crippen LogP contribution in [0.1, 0.15) is 51.3 Å². The third-order valence-corrected chi connectivity index (χ3v) is 5.28. The predicted octanol–water partition coefficient (Wildman–Crippen LogP) is 7.59. The van der Waals surface area contributed by atoms with Crippen molar-refractivity contribution in [2.45, 2.75) is 60.3 Å². The zero-order valence-corrected chi connectivity index (χ0v) is 22.3. The van der Waals surface area contributed by atoms with Crippen LogP contribution in [0.4, 0.5) is 26.7 Å². The molecule has 2 amide bonds. The second kappa shape index (κ2) is 12.8. The Morgan fingerprint density at radius 1 is 0.649 bits per heavy atom. The molecule has 7 heteroatoms. The third-order valence-electron chi connectivity index (χ3n) is 5.28. The quantitative estimate of drug-likeness (QED) is 0.280. The van der Waals surface area contributed by atoms with Crippen LogP contribution in [-0.4, -0.2) is 18.2 Å². The molecule has 0 spiro atoms. The fourth-order valence-electron chi connectivity index (χ4n) is 3.64. The second-order valence-electron chi connectivity index (χ2n) is 10.5. The van der Waals surface area contributed by atoms with E-state index < -0.39 is 12.2 Å². The largest absolute Gasteiger partial charge is 0.444 e. The first-order chi connectivity index (χ1) is 17.6. The van der Waals surface area contributed by atoms with Gasteiger partial charge in [0, 0.05) is 23.1 Å². The highest BCUT2D eigenvalue weighted by Crippen LogP contribution is 2.22. The molecule has 7 nitrogen and oxygen atoms in total. The summed E-state index contributed by atoms with van der Waals surface area (Å²) in [4.78, 5) is 24.3. The van der Waals surface area contributed by atoms with E-state index in [0.717, 1.165) is 23.2 Å². The Morgan fingerprint density at radius 3 is 1.41 bits per heavy atom. The minimum atomic E-state index is -0.540. The van der Waals surface area contributed by atoms with Gasteiger partial charge in [0.25, 0.3) is 0 Å². The summed E-state index contributed by atoms with van der Waals surface area (Å²) in [6.45, 7) is 11.0. The Labute approximate surface area is 219 Å². The molecule has 37 heavy (non-hydrogen) atoms. The first-order valence-corrected chi connectivity index (χ1v) is 12.5. The summed E-state index contributed by atoms with van der Waals surface area (Å²) >= 11 is 0. The molecular formula is C30H37N3O4. The van der Waals surface area contributed by atoms with E-state index in [2.05, 4.69) is 50.6 Å². The molecule has 0 aliphatic heterocycles. The Balaban J connectivity index is 1.39. The molecule has 0 aromatic heterocycles. The number of ether oxygens (including phenoxy) is 2. The van der Waals surface area contributed by atoms with E-state index in [0.29, 0.717) is 17.4 Å². The average Bonchev–Trinajstić information content (AvgIpc) is 2.83. The lowest BCUT2D eigenvalue weighted by molar-refractivity contribution is 0.154. The molecule has 3 aromatic carbocycles. The minimum Gasteiger partial charge on any atom is -0.444 e. The number of carbonyl (C=O) groups excluding carboxylic acids is 2. The van der Waals surface area contributed by atoms with E-state index in [1.54, 1.807) is 24.3 Å². The van der Waals surface area contributed by atoms with E-state index in [9.17, 15) is 9.59 Å². The molecule has 0 bridgehead atoms. The lowest BCUT2D eigenvalue weighted by Crippen LogP contribution is -2.14. The van der Waals surface area contributed by atoms with Crippen molar-refractivity contribution in [1.82, 2.24) is 0 Å². The number of carbonyl (C=O) groups is 2. The standard InChI is InChI=1S/C30H37N3O4/c1-21(2)31-25-14-8-23(9-15-25)19-36-29(35)33-27-16-10-24(11-17-27)20-37-28(34)32-26-12-6-22(7-13-26)18-30(3,4)5/h6-17,21,31H,18-20H2,1-5H3,(H,32,34)(H,33,35). The summed E-state index contributed by atoms with van der Waals surface area (Å²) in [5, 5.41) is 8.76. The van der Waals surface area contributed by atoms with E-state index in [1.807, 2.05) is 48.5 Å². The molecule has 0 atom stereocenters. The zero-order chi connectivity index (χ0) is 26.8. The first kappa shape index (κ1) is 27.6. The number of nitrogens with one attached hydrogen (secondary N) is 3. The normalized spacial score (nSPS) is 11.1. The van der Waals surface area contributed by atoms with Gasteiger partial charge in [-0.05, 0) is 78.8 Å². The number of benzene rings is 3. The highest BCUT2D eigenvalue weighted by atomic mass is 16.6. The van der Waals surface area contributed by atoms with Gasteiger partial charge in [-0.2, -0.15) is 0 Å². The number of hydrogen-bond donors (Lipinski definition) is 3. The minimum absolute atomic E-state index is 0.111. The van der Waals surface area contributed by atoms with E-state index in [-0.39, 0.29) is 18.6 Å². The summed E-state index contributed by atoms with van der Waals surface area (Å²) in [5.41, 5.74) is 5.42. The van der Waals surface area contributed by atoms with Crippen LogP contribution in [0, 0.1) is 5.41 Å². The molecule has 3 aromatic rings. The number of amides is 2. The van der Waals surface area contributed by atoms with Crippen LogP contribution < -0.4 is 16.0 Å². The van der Waals surface area contributed by atoms with E-state index in [1.165, 1.54) is 5.56 Å². The summed E-state index contributed by atoms with van der Waals surface area (Å²) in [7, 11) is 0. The summed E-state index contributed by atoms with van der Waals surface area (Å²) in [6, 6.07) is 22.9. The predicted molar refractivity (Wildman–Crippen MR) is 149 cm³/mol. The van der Waals surface area contributed by atoms with Crippen molar-refractivity contribution in [3.63, 3.8) is 0 Å². The molecule has 0 aliphatic rings. The number of anilines is 3. The van der Waals surface area contributed by atoms with Crippen LogP contribution in [0.15, 0.2) is 72.8 Å². The number of hydrogen-bond acceptors (Lipinski definition) is 5. The van der Waals surface area contributed by atoms with Crippen LogP contribution >= 0.6 is 0 Å². The summed E-state index contributed by atoms with van der Waals surface area (Å²) in [5.74, 6) is 0. The highest BCUT2D eigenvalue weighted by Gasteiger charge is 2.11. The molecule has 0 saturated carbocycles. The van der Waals surface area contributed by atoms with Crippen molar-refractivity contribution in [2.75, 3.05) is 16.0 Å². The Morgan fingerprint density at radius 2 is 1.03 bits per heavy atom. The lowest BCUT2D eigenvalue weighted by Gasteiger charge is -2.18. The Bertz CT molecular complexity index is 1150. The molecule has 0 radical (unpaired) electrons. The van der Waals surface area contributed by atoms with Crippen molar-refractivity contribution in [2.24, 2.45) is 5.41 Å². The summed E-state index contributed by atoms with van der Waals surface area (Å²) in [6.07, 6.45) is -0.103. The monoisotopic (exact) mass is 503 g/mol. The molecule has 196 valence electrons. The maximum atomic E-state index is 12.2. The van der Waals surface area contributed by atoms with Crippen molar-refractivity contribution >= 4 is 29.2 Å². The van der Waals surface area contributed by atoms with Crippen molar-refractivity contribution in [3.8, 4) is 0 Å². The van der Waals surface area contributed by atoms with Gasteiger partial charge in [0.15, 0.2) is 0 Å². The molecule has 3 N–H and O–H groups in total. The van der Waals surface area contributed by atoms with Crippen LogP contribution in [0.25, 0.3) is 0 Å². The van der Waals surface area contributed by atoms with Gasteiger partial charge in [-0.3, -0.25) is 10.6 Å². The van der Waals surface area contributed by atoms with Gasteiger partial charge in [0.05, 0.1) is 0 Å². The Hall–Kier alpha value is -4.00. The SMILES string of the molecule is CC(C)Nc1ccc(COC(=O)Nc2ccc(COC(=O)Nc3ccc(CC(C)(C)C)cc3)cc2)cc1. The van der Waals surface area contributed by atoms with Crippen LogP contribution in [-0.2, 0) is 29.1 Å². The Kier molecular flexibility index (Phi) is 9.55. The molecule has 3 rings (SSSR count). The molecule has 0 fully saturated rings. The fourth-order valence-corrected chi connectivity index (χ4v) is 3.64. The highest BCUT2D eigenvalue weighted by molar-refractivity contribution is 5.85. The second-order valence-corrected chi connectivity index (χ2v) is 10.5. The van der Waals surface area contributed by atoms with Crippen molar-refractivity contribution < 1.29 is 19.1 Å². The maximum Gasteiger partial charge on any atom is 0.411 e. The molecular weight excluding hydrogens is 466 g/mol. The summed E-state index contributed by atoms with van der Waals surface area (Å²) < 4.78 is 10.6. The van der Waals surface area contributed by atoms with Crippen LogP contribution in [0.5, 0.6) is 0 Å². The van der Waals surface area contributed by atoms with Gasteiger partial charge in [0.1, 0.15) is 13.2 Å². The maximum absolute atomic E-state index is 12.2. The first-order valence-electron chi connectivity index (χ1n) is 12.5. The molecule has 0 saturated heterocycles. The zero-order valence-electron chi connectivity index (χ0n) is 22.3. The smallest absolute Gasteiger partial charge is 0.411 e.